The summed E-state index contributed by atoms with van der Waals surface area (Å²) in [7, 11) is 2.18. The van der Waals surface area contributed by atoms with Crippen LogP contribution in [0.1, 0.15) is 43.0 Å². The number of anilines is 1. The first kappa shape index (κ1) is 34.3. The largest absolute Gasteiger partial charge is 0.504 e. The molecule has 0 radical (unpaired) electrons. The van der Waals surface area contributed by atoms with E-state index in [-0.39, 0.29) is 54.1 Å². The fourth-order valence-electron chi connectivity index (χ4n) is 5.44. The lowest BCUT2D eigenvalue weighted by molar-refractivity contribution is 0.101. The van der Waals surface area contributed by atoms with Crippen LogP contribution >= 0.6 is 48.8 Å². The highest BCUT2D eigenvalue weighted by molar-refractivity contribution is 6.32. The fraction of sp³-hybridized carbons (Fsp3) is 0.464. The smallest absolute Gasteiger partial charge is 0.170 e. The second-order valence-electron chi connectivity index (χ2n) is 10.4. The van der Waals surface area contributed by atoms with E-state index < -0.39 is 11.6 Å². The maximum absolute atomic E-state index is 14.2. The summed E-state index contributed by atoms with van der Waals surface area (Å²) in [4.78, 5) is 26.7. The number of carbonyl (C=O) groups is 1. The molecule has 12 heteroatoms. The van der Waals surface area contributed by atoms with Gasteiger partial charge in [0.25, 0.3) is 0 Å². The first-order chi connectivity index (χ1) is 17.8. The van der Waals surface area contributed by atoms with Gasteiger partial charge in [0.2, 0.25) is 0 Å². The van der Waals surface area contributed by atoms with Crippen molar-refractivity contribution in [3.8, 4) is 17.0 Å². The molecule has 1 aromatic carbocycles. The molecule has 7 nitrogen and oxygen atoms in total. The van der Waals surface area contributed by atoms with Crippen LogP contribution in [0, 0.1) is 11.7 Å². The van der Waals surface area contributed by atoms with Crippen molar-refractivity contribution in [1.29, 1.82) is 0 Å². The predicted molar refractivity (Wildman–Crippen MR) is 167 cm³/mol. The van der Waals surface area contributed by atoms with Crippen LogP contribution in [-0.4, -0.2) is 76.5 Å². The number of halogens is 5. The molecule has 0 bridgehead atoms. The van der Waals surface area contributed by atoms with E-state index in [1.165, 1.54) is 19.1 Å². The molecule has 1 saturated carbocycles. The Morgan fingerprint density at radius 1 is 1.10 bits per heavy atom. The molecule has 3 aromatic rings. The molecule has 2 N–H and O–H groups in total. The summed E-state index contributed by atoms with van der Waals surface area (Å²) >= 11 is 6.00. The molecule has 0 atom stereocenters. The highest BCUT2D eigenvalue weighted by Crippen LogP contribution is 2.35. The molecular weight excluding hydrogens is 599 g/mol. The predicted octanol–water partition coefficient (Wildman–Crippen LogP) is 6.48. The average Bonchev–Trinajstić information content (AvgIpc) is 2.89. The van der Waals surface area contributed by atoms with Gasteiger partial charge in [0, 0.05) is 50.5 Å². The van der Waals surface area contributed by atoms with Crippen LogP contribution < -0.4 is 5.32 Å². The van der Waals surface area contributed by atoms with Crippen molar-refractivity contribution >= 4 is 71.3 Å². The van der Waals surface area contributed by atoms with Crippen LogP contribution in [0.3, 0.4) is 0 Å². The number of hydrogen-bond acceptors (Lipinski definition) is 7. The Bertz CT molecular complexity index is 1290. The number of nitrogens with zero attached hydrogens (tertiary/aromatic N) is 4. The molecule has 2 aromatic heterocycles. The second-order valence-corrected chi connectivity index (χ2v) is 10.8. The molecular formula is C28H36Cl4FN5O2. The maximum atomic E-state index is 14.2. The van der Waals surface area contributed by atoms with E-state index in [2.05, 4.69) is 27.1 Å². The summed E-state index contributed by atoms with van der Waals surface area (Å²) in [5.74, 6) is -0.794. The first-order valence-corrected chi connectivity index (χ1v) is 13.3. The number of benzene rings is 1. The van der Waals surface area contributed by atoms with Crippen molar-refractivity contribution in [2.24, 2.45) is 5.92 Å². The van der Waals surface area contributed by atoms with E-state index in [1.54, 1.807) is 18.3 Å². The highest BCUT2D eigenvalue weighted by atomic mass is 35.5. The van der Waals surface area contributed by atoms with Crippen molar-refractivity contribution in [2.45, 2.75) is 38.6 Å². The Hall–Kier alpha value is -1.94. The number of fused-ring (bicyclic) bond motifs is 1. The van der Waals surface area contributed by atoms with Crippen LogP contribution in [0.2, 0.25) is 5.02 Å². The number of aromatic nitrogens is 2. The normalized spacial score (nSPS) is 19.7. The molecule has 0 unspecified atom stereocenters. The standard InChI is InChI=1S/C28H33ClFN5O2.3ClH/c1-17(36)21-15-31-25-8-7-24(19-13-22(29)28(37)23(30)14-19)33-27(25)26(21)32-20-5-3-18(4-6-20)16-35-11-9-34(2)10-12-35;;;/h7-8,13-15,18,20,37H,3-6,9-12,16H2,1-2H3,(H,31,32);3*1H/t18-,20-;;;. The van der Waals surface area contributed by atoms with E-state index in [1.807, 2.05) is 0 Å². The van der Waals surface area contributed by atoms with Crippen LogP contribution in [0.5, 0.6) is 5.75 Å². The van der Waals surface area contributed by atoms with Gasteiger partial charge < -0.3 is 20.2 Å². The Morgan fingerprint density at radius 3 is 2.40 bits per heavy atom. The molecule has 2 fully saturated rings. The van der Waals surface area contributed by atoms with Gasteiger partial charge in [-0.05, 0) is 69.8 Å². The third-order valence-corrected chi connectivity index (χ3v) is 8.00. The second kappa shape index (κ2) is 14.8. The van der Waals surface area contributed by atoms with Crippen molar-refractivity contribution in [3.05, 3.63) is 46.9 Å². The van der Waals surface area contributed by atoms with Gasteiger partial charge in [0.15, 0.2) is 17.3 Å². The molecule has 1 saturated heterocycles. The van der Waals surface area contributed by atoms with Gasteiger partial charge in [-0.25, -0.2) is 9.37 Å². The van der Waals surface area contributed by atoms with E-state index in [4.69, 9.17) is 16.6 Å². The van der Waals surface area contributed by atoms with Crippen LogP contribution in [0.4, 0.5) is 10.1 Å². The van der Waals surface area contributed by atoms with Gasteiger partial charge in [-0.15, -0.1) is 37.2 Å². The zero-order chi connectivity index (χ0) is 26.1. The Labute approximate surface area is 258 Å². The molecule has 0 spiro atoms. The molecule has 0 amide bonds. The number of carbonyl (C=O) groups excluding carboxylic acids is 1. The minimum Gasteiger partial charge on any atom is -0.504 e. The van der Waals surface area contributed by atoms with Gasteiger partial charge in [-0.2, -0.15) is 0 Å². The van der Waals surface area contributed by atoms with Crippen molar-refractivity contribution in [2.75, 3.05) is 45.1 Å². The first-order valence-electron chi connectivity index (χ1n) is 12.9. The summed E-state index contributed by atoms with van der Waals surface area (Å²) in [5, 5.41) is 13.3. The molecule has 40 heavy (non-hydrogen) atoms. The summed E-state index contributed by atoms with van der Waals surface area (Å²) < 4.78 is 14.2. The van der Waals surface area contributed by atoms with Crippen molar-refractivity contribution in [1.82, 2.24) is 19.8 Å². The van der Waals surface area contributed by atoms with Crippen LogP contribution in [-0.2, 0) is 0 Å². The number of piperazine rings is 1. The Kier molecular flexibility index (Phi) is 12.7. The van der Waals surface area contributed by atoms with Gasteiger partial charge in [-0.1, -0.05) is 11.6 Å². The topological polar surface area (TPSA) is 81.6 Å². The molecule has 220 valence electrons. The van der Waals surface area contributed by atoms with Gasteiger partial charge in [-0.3, -0.25) is 9.78 Å². The third-order valence-electron chi connectivity index (χ3n) is 7.71. The number of rotatable bonds is 6. The van der Waals surface area contributed by atoms with E-state index in [0.29, 0.717) is 39.5 Å². The number of ketones is 1. The Balaban J connectivity index is 0.00000187. The molecule has 3 heterocycles. The zero-order valence-electron chi connectivity index (χ0n) is 22.5. The number of Topliss-reactive ketones (excluding diaryl/α,β-unsaturated/α-hetero) is 1. The lowest BCUT2D eigenvalue weighted by atomic mass is 9.85. The van der Waals surface area contributed by atoms with E-state index >= 15 is 0 Å². The third kappa shape index (κ3) is 7.66. The van der Waals surface area contributed by atoms with Crippen molar-refractivity contribution < 1.29 is 14.3 Å². The fourth-order valence-corrected chi connectivity index (χ4v) is 5.65. The van der Waals surface area contributed by atoms with Gasteiger partial charge >= 0.3 is 0 Å². The maximum Gasteiger partial charge on any atom is 0.170 e. The molecule has 2 aliphatic rings. The molecule has 1 aliphatic carbocycles. The minimum atomic E-state index is -0.813. The van der Waals surface area contributed by atoms with Crippen molar-refractivity contribution in [3.63, 3.8) is 0 Å². The average molecular weight is 635 g/mol. The summed E-state index contributed by atoms with van der Waals surface area (Å²) in [6.45, 7) is 7.25. The SMILES string of the molecule is CC(=O)c1cnc2ccc(-c3cc(F)c(O)c(Cl)c3)nc2c1N[C@H]1CC[C@H](CN2CCN(C)CC2)CC1.Cl.Cl.Cl. The molecule has 1 aliphatic heterocycles. The molecule has 5 rings (SSSR count). The number of nitrogens with one attached hydrogen (secondary N) is 1. The van der Waals surface area contributed by atoms with Gasteiger partial charge in [0.1, 0.15) is 5.52 Å². The summed E-state index contributed by atoms with van der Waals surface area (Å²) in [6.07, 6.45) is 5.94. The Morgan fingerprint density at radius 2 is 1.77 bits per heavy atom. The monoisotopic (exact) mass is 633 g/mol. The van der Waals surface area contributed by atoms with Crippen LogP contribution in [0.15, 0.2) is 30.5 Å². The lowest BCUT2D eigenvalue weighted by Gasteiger charge is -2.37. The number of phenols is 1. The lowest BCUT2D eigenvalue weighted by Crippen LogP contribution is -2.46. The summed E-state index contributed by atoms with van der Waals surface area (Å²) in [5.41, 5.74) is 3.29. The highest BCUT2D eigenvalue weighted by Gasteiger charge is 2.26. The number of likely N-dealkylation sites (N-methyl/N-ethyl adjacent to an activating group) is 1. The number of pyridine rings is 2. The number of phenolic OH excluding ortho intramolecular Hbond substituents is 1. The number of aromatic hydroxyl groups is 1. The van der Waals surface area contributed by atoms with E-state index in [9.17, 15) is 14.3 Å². The minimum absolute atomic E-state index is 0. The van der Waals surface area contributed by atoms with Gasteiger partial charge in [0.05, 0.1) is 27.5 Å². The summed E-state index contributed by atoms with van der Waals surface area (Å²) in [6, 6.07) is 6.45. The zero-order valence-corrected chi connectivity index (χ0v) is 25.7. The quantitative estimate of drug-likeness (QED) is 0.300. The van der Waals surface area contributed by atoms with Crippen LogP contribution in [0.25, 0.3) is 22.3 Å². The number of hydrogen-bond donors (Lipinski definition) is 2. The van der Waals surface area contributed by atoms with E-state index in [0.717, 1.165) is 58.4 Å².